The van der Waals surface area contributed by atoms with Crippen LogP contribution in [0.25, 0.3) is 11.3 Å². The van der Waals surface area contributed by atoms with Crippen LogP contribution in [0.4, 0.5) is 10.5 Å². The molecule has 9 nitrogen and oxygen atoms in total. The molecule has 1 aliphatic carbocycles. The summed E-state index contributed by atoms with van der Waals surface area (Å²) < 4.78 is 14.5. The van der Waals surface area contributed by atoms with Gasteiger partial charge < -0.3 is 9.16 Å². The number of nitrogens with zero attached hydrogens (tertiary/aromatic N) is 6. The Labute approximate surface area is 262 Å². The van der Waals surface area contributed by atoms with Gasteiger partial charge in [0, 0.05) is 49.5 Å². The Morgan fingerprint density at radius 2 is 1.89 bits per heavy atom. The highest BCUT2D eigenvalue weighted by atomic mass is 28.4. The molecule has 1 aliphatic heterocycles. The number of amides is 1. The number of carbonyl (C=O) groups excluding carboxylic acids is 1. The van der Waals surface area contributed by atoms with Gasteiger partial charge in [0.25, 0.3) is 0 Å². The van der Waals surface area contributed by atoms with Crippen molar-refractivity contribution >= 4 is 20.1 Å². The maximum Gasteiger partial charge on any atom is 0.414 e. The first kappa shape index (κ1) is 31.9. The molecule has 0 spiro atoms. The lowest BCUT2D eigenvalue weighted by molar-refractivity contribution is 0.0575. The summed E-state index contributed by atoms with van der Waals surface area (Å²) in [6.45, 7) is 19.6. The van der Waals surface area contributed by atoms with E-state index in [1.165, 1.54) is 11.3 Å². The van der Waals surface area contributed by atoms with Gasteiger partial charge in [0.1, 0.15) is 17.5 Å². The van der Waals surface area contributed by atoms with Gasteiger partial charge in [-0.2, -0.15) is 10.4 Å². The summed E-state index contributed by atoms with van der Waals surface area (Å²) in [5, 5.41) is 15.1. The quantitative estimate of drug-likeness (QED) is 0.279. The summed E-state index contributed by atoms with van der Waals surface area (Å²) in [5.74, 6) is 0.707. The fourth-order valence-electron chi connectivity index (χ4n) is 5.89. The lowest BCUT2D eigenvalue weighted by Crippen LogP contribution is -2.46. The number of hydrogen-bond acceptors (Lipinski definition) is 7. The fraction of sp³-hybridized carbons (Fsp3) is 0.559. The Hall–Kier alpha value is -3.55. The van der Waals surface area contributed by atoms with Crippen LogP contribution in [0.3, 0.4) is 0 Å². The van der Waals surface area contributed by atoms with Crippen molar-refractivity contribution in [3.8, 4) is 17.3 Å². The van der Waals surface area contributed by atoms with Crippen molar-refractivity contribution in [3.05, 3.63) is 58.3 Å². The molecule has 0 bridgehead atoms. The van der Waals surface area contributed by atoms with Crippen LogP contribution in [0.5, 0.6) is 0 Å². The molecule has 0 saturated heterocycles. The molecule has 2 aliphatic rings. The van der Waals surface area contributed by atoms with E-state index in [0.717, 1.165) is 41.8 Å². The Bertz CT molecular complexity index is 1640. The van der Waals surface area contributed by atoms with Gasteiger partial charge in [-0.15, -0.1) is 0 Å². The van der Waals surface area contributed by atoms with E-state index in [1.807, 2.05) is 44.6 Å². The minimum absolute atomic E-state index is 0.0284. The second-order valence-corrected chi connectivity index (χ2v) is 19.9. The largest absolute Gasteiger partial charge is 0.443 e. The third-order valence-corrected chi connectivity index (χ3v) is 13.8. The molecule has 10 heteroatoms. The second kappa shape index (κ2) is 11.1. The summed E-state index contributed by atoms with van der Waals surface area (Å²) in [5.41, 5.74) is 5.86. The topological polar surface area (TPSA) is 106 Å². The smallest absolute Gasteiger partial charge is 0.414 e. The summed E-state index contributed by atoms with van der Waals surface area (Å²) in [7, 11) is -0.120. The van der Waals surface area contributed by atoms with Crippen molar-refractivity contribution in [2.75, 3.05) is 18.1 Å². The molecular formula is C34H46N6O3Si. The molecule has 0 N–H and O–H groups in total. The first-order valence-electron chi connectivity index (χ1n) is 15.5. The summed E-state index contributed by atoms with van der Waals surface area (Å²) >= 11 is 0. The summed E-state index contributed by atoms with van der Waals surface area (Å²) in [6, 6.07) is 8.15. The molecule has 1 unspecified atom stereocenters. The molecule has 5 rings (SSSR count). The zero-order valence-electron chi connectivity index (χ0n) is 28.0. The number of ether oxygens (including phenoxy) is 1. The van der Waals surface area contributed by atoms with Crippen LogP contribution >= 0.6 is 0 Å². The molecule has 2 aromatic heterocycles. The molecule has 0 saturated carbocycles. The van der Waals surface area contributed by atoms with Crippen LogP contribution in [0, 0.1) is 11.3 Å². The highest BCUT2D eigenvalue weighted by Crippen LogP contribution is 2.47. The van der Waals surface area contributed by atoms with Crippen LogP contribution in [0.15, 0.2) is 24.4 Å². The molecule has 3 aromatic rings. The van der Waals surface area contributed by atoms with Gasteiger partial charge in [0.05, 0.1) is 22.6 Å². The van der Waals surface area contributed by atoms with Gasteiger partial charge in [-0.3, -0.25) is 9.58 Å². The Morgan fingerprint density at radius 3 is 2.55 bits per heavy atom. The molecule has 1 amide bonds. The SMILES string of the molecule is Cn1nc2c(c1Cc1nccc(-c3cc(C#N)c4c(c3)C(C)(CO[Si](C)(C)C(C)(C)C)CN4C(=O)OC(C)(C)C)n1)CCC2. The average molecular weight is 615 g/mol. The molecule has 0 radical (unpaired) electrons. The van der Waals surface area contributed by atoms with Crippen molar-refractivity contribution < 1.29 is 14.0 Å². The molecule has 3 heterocycles. The first-order valence-corrected chi connectivity index (χ1v) is 18.4. The number of rotatable bonds is 6. The van der Waals surface area contributed by atoms with E-state index >= 15 is 0 Å². The van der Waals surface area contributed by atoms with Crippen molar-refractivity contribution in [1.82, 2.24) is 19.7 Å². The third-order valence-electron chi connectivity index (χ3n) is 9.35. The molecular weight excluding hydrogens is 568 g/mol. The van der Waals surface area contributed by atoms with Gasteiger partial charge in [-0.1, -0.05) is 27.7 Å². The molecule has 234 valence electrons. The Morgan fingerprint density at radius 1 is 1.16 bits per heavy atom. The molecule has 44 heavy (non-hydrogen) atoms. The third kappa shape index (κ3) is 6.04. The van der Waals surface area contributed by atoms with Crippen molar-refractivity contribution in [1.29, 1.82) is 5.26 Å². The number of carbonyl (C=O) groups is 1. The first-order chi connectivity index (χ1) is 20.4. The number of hydrogen-bond donors (Lipinski definition) is 0. The summed E-state index contributed by atoms with van der Waals surface area (Å²) in [6.07, 6.45) is 5.10. The number of aryl methyl sites for hydroxylation is 2. The van der Waals surface area contributed by atoms with Crippen molar-refractivity contribution in [3.63, 3.8) is 0 Å². The minimum atomic E-state index is -2.11. The van der Waals surface area contributed by atoms with E-state index < -0.39 is 25.4 Å². The summed E-state index contributed by atoms with van der Waals surface area (Å²) in [4.78, 5) is 24.7. The predicted octanol–water partition coefficient (Wildman–Crippen LogP) is 6.86. The van der Waals surface area contributed by atoms with Gasteiger partial charge >= 0.3 is 6.09 Å². The van der Waals surface area contributed by atoms with Crippen LogP contribution in [0.1, 0.15) is 88.8 Å². The van der Waals surface area contributed by atoms with E-state index in [9.17, 15) is 10.1 Å². The lowest BCUT2D eigenvalue weighted by Gasteiger charge is -2.39. The van der Waals surface area contributed by atoms with E-state index in [-0.39, 0.29) is 5.04 Å². The molecule has 1 atom stereocenters. The average Bonchev–Trinajstić information content (AvgIpc) is 3.59. The highest BCUT2D eigenvalue weighted by Gasteiger charge is 2.47. The fourth-order valence-corrected chi connectivity index (χ4v) is 7.00. The highest BCUT2D eigenvalue weighted by molar-refractivity contribution is 6.74. The van der Waals surface area contributed by atoms with Gasteiger partial charge in [0.15, 0.2) is 8.32 Å². The monoisotopic (exact) mass is 614 g/mol. The van der Waals surface area contributed by atoms with E-state index in [1.54, 1.807) is 11.1 Å². The van der Waals surface area contributed by atoms with Crippen molar-refractivity contribution in [2.24, 2.45) is 7.05 Å². The van der Waals surface area contributed by atoms with E-state index in [4.69, 9.17) is 19.2 Å². The lowest BCUT2D eigenvalue weighted by atomic mass is 9.83. The zero-order chi connectivity index (χ0) is 32.2. The number of fused-ring (bicyclic) bond motifs is 2. The van der Waals surface area contributed by atoms with Gasteiger partial charge in [-0.05, 0) is 87.5 Å². The maximum atomic E-state index is 13.5. The minimum Gasteiger partial charge on any atom is -0.443 e. The number of nitriles is 1. The second-order valence-electron chi connectivity index (χ2n) is 15.1. The van der Waals surface area contributed by atoms with Gasteiger partial charge in [-0.25, -0.2) is 14.8 Å². The van der Waals surface area contributed by atoms with Crippen molar-refractivity contribution in [2.45, 2.75) is 103 Å². The maximum absolute atomic E-state index is 13.5. The van der Waals surface area contributed by atoms with Crippen LogP contribution in [0.2, 0.25) is 18.1 Å². The number of anilines is 1. The zero-order valence-corrected chi connectivity index (χ0v) is 29.0. The van der Waals surface area contributed by atoms with E-state index in [2.05, 4.69) is 57.9 Å². The number of aromatic nitrogens is 4. The number of benzene rings is 1. The molecule has 1 aromatic carbocycles. The predicted molar refractivity (Wildman–Crippen MR) is 174 cm³/mol. The van der Waals surface area contributed by atoms with Gasteiger partial charge in [0.2, 0.25) is 0 Å². The van der Waals surface area contributed by atoms with Crippen LogP contribution in [-0.2, 0) is 40.9 Å². The Kier molecular flexibility index (Phi) is 8.04. The normalized spacial score (nSPS) is 18.2. The molecule has 0 fully saturated rings. The van der Waals surface area contributed by atoms with E-state index in [0.29, 0.717) is 36.6 Å². The Balaban J connectivity index is 1.56. The van der Waals surface area contributed by atoms with Crippen LogP contribution < -0.4 is 4.90 Å². The van der Waals surface area contributed by atoms with Crippen LogP contribution in [-0.4, -0.2) is 52.9 Å². The standard InChI is InChI=1S/C34H46N6O3Si/c1-32(2,3)43-31(41)40-20-34(7,21-42-44(9,10)33(4,5)6)25-17-22(16-23(19-35)30(25)40)26-14-15-36-29(37-26)18-28-24-12-11-13-27(24)38-39(28)8/h14-17H,11-13,18,20-21H2,1-10H3.